The summed E-state index contributed by atoms with van der Waals surface area (Å²) in [5.74, 6) is 0.388. The van der Waals surface area contributed by atoms with Gasteiger partial charge < -0.3 is 14.5 Å². The number of hydrogen-bond donors (Lipinski definition) is 1. The van der Waals surface area contributed by atoms with E-state index >= 15 is 0 Å². The molecule has 7 nitrogen and oxygen atoms in total. The number of nitrogens with zero attached hydrogens (tertiary/aromatic N) is 2. The number of imidazole rings is 1. The molecule has 2 heterocycles. The average molecular weight is 399 g/mol. The predicted octanol–water partition coefficient (Wildman–Crippen LogP) is 2.01. The van der Waals surface area contributed by atoms with Gasteiger partial charge in [0.1, 0.15) is 11.5 Å². The van der Waals surface area contributed by atoms with Gasteiger partial charge >= 0.3 is 29.6 Å². The number of aromatic nitrogens is 3. The number of methoxy groups -OCH3 is 1. The van der Waals surface area contributed by atoms with E-state index in [1.807, 2.05) is 19.1 Å². The quantitative estimate of drug-likeness (QED) is 0.460. The van der Waals surface area contributed by atoms with Crippen molar-refractivity contribution in [3.8, 4) is 5.75 Å². The Labute approximate surface area is 180 Å². The summed E-state index contributed by atoms with van der Waals surface area (Å²) < 4.78 is 36.2. The van der Waals surface area contributed by atoms with E-state index in [-0.39, 0.29) is 40.5 Å². The molecule has 0 aliphatic heterocycles. The van der Waals surface area contributed by atoms with Gasteiger partial charge in [0.15, 0.2) is 0 Å². The maximum atomic E-state index is 12.7. The van der Waals surface area contributed by atoms with Crippen LogP contribution in [0.4, 0.5) is 0 Å². The van der Waals surface area contributed by atoms with Crippen molar-refractivity contribution in [1.82, 2.24) is 15.0 Å². The van der Waals surface area contributed by atoms with Gasteiger partial charge in [0.2, 0.25) is 15.0 Å². The van der Waals surface area contributed by atoms with Crippen molar-refractivity contribution in [1.29, 1.82) is 0 Å². The Balaban J connectivity index is 0.00000261. The third kappa shape index (κ3) is 5.30. The Morgan fingerprint density at radius 1 is 1.15 bits per heavy atom. The van der Waals surface area contributed by atoms with E-state index in [1.165, 1.54) is 0 Å². The van der Waals surface area contributed by atoms with Crippen LogP contribution in [-0.4, -0.2) is 73.3 Å². The second-order valence-electron chi connectivity index (χ2n) is 5.89. The molecule has 0 radical (unpaired) electrons. The standard InChI is InChI=1S/C18H21N3O4S.Na.H/c1-13-16(19-9-8-17(13)25-11-5-10-24-2)12-26(22,23)18-20-14-6-3-4-7-15(14)21-18;;/h3-4,6-9H,5,10-12H2,1-2H3,(H,20,21);;. The number of nitrogens with one attached hydrogen (secondary N) is 1. The molecule has 0 saturated heterocycles. The van der Waals surface area contributed by atoms with Gasteiger partial charge in [-0.2, -0.15) is 0 Å². The zero-order chi connectivity index (χ0) is 18.6. The summed E-state index contributed by atoms with van der Waals surface area (Å²) >= 11 is 0. The van der Waals surface area contributed by atoms with Gasteiger partial charge in [0.05, 0.1) is 23.3 Å². The molecule has 2 aromatic heterocycles. The first-order valence-corrected chi connectivity index (χ1v) is 9.90. The third-order valence-electron chi connectivity index (χ3n) is 4.00. The summed E-state index contributed by atoms with van der Waals surface area (Å²) in [4.78, 5) is 11.3. The Morgan fingerprint density at radius 2 is 1.93 bits per heavy atom. The van der Waals surface area contributed by atoms with Gasteiger partial charge in [-0.05, 0) is 25.1 Å². The van der Waals surface area contributed by atoms with E-state index in [4.69, 9.17) is 9.47 Å². The number of para-hydroxylation sites is 2. The van der Waals surface area contributed by atoms with Gasteiger partial charge in [-0.1, -0.05) is 12.1 Å². The first kappa shape index (κ1) is 21.8. The predicted molar refractivity (Wildman–Crippen MR) is 105 cm³/mol. The molecule has 3 rings (SSSR count). The van der Waals surface area contributed by atoms with E-state index < -0.39 is 9.84 Å². The Morgan fingerprint density at radius 3 is 2.67 bits per heavy atom. The van der Waals surface area contributed by atoms with Gasteiger partial charge in [0, 0.05) is 31.9 Å². The minimum atomic E-state index is -3.65. The topological polar surface area (TPSA) is 94.2 Å². The first-order chi connectivity index (χ1) is 12.5. The molecule has 0 amide bonds. The summed E-state index contributed by atoms with van der Waals surface area (Å²) in [5, 5.41) is -0.0497. The van der Waals surface area contributed by atoms with Crippen LogP contribution in [0.3, 0.4) is 0 Å². The number of H-pyrrole nitrogens is 1. The summed E-state index contributed by atoms with van der Waals surface area (Å²) in [5.41, 5.74) is 2.47. The SMILES string of the molecule is COCCCOc1ccnc(CS(=O)(=O)c2nc3ccccc3[nH]2)c1C.[NaH]. The van der Waals surface area contributed by atoms with Crippen LogP contribution in [0.5, 0.6) is 5.75 Å². The molecule has 1 N–H and O–H groups in total. The van der Waals surface area contributed by atoms with E-state index in [1.54, 1.807) is 31.5 Å². The van der Waals surface area contributed by atoms with Crippen molar-refractivity contribution in [3.05, 3.63) is 47.8 Å². The van der Waals surface area contributed by atoms with Gasteiger partial charge in [-0.25, -0.2) is 13.4 Å². The second-order valence-corrected chi connectivity index (χ2v) is 7.80. The molecule has 0 unspecified atom stereocenters. The van der Waals surface area contributed by atoms with Crippen LogP contribution in [-0.2, 0) is 20.3 Å². The first-order valence-electron chi connectivity index (χ1n) is 8.25. The van der Waals surface area contributed by atoms with Crippen LogP contribution >= 0.6 is 0 Å². The molecule has 0 aliphatic carbocycles. The van der Waals surface area contributed by atoms with Crippen molar-refractivity contribution < 1.29 is 17.9 Å². The van der Waals surface area contributed by atoms with E-state index in [2.05, 4.69) is 15.0 Å². The number of rotatable bonds is 8. The summed E-state index contributed by atoms with van der Waals surface area (Å²) in [6.07, 6.45) is 2.31. The summed E-state index contributed by atoms with van der Waals surface area (Å²) in [6, 6.07) is 8.93. The van der Waals surface area contributed by atoms with Crippen LogP contribution in [0.2, 0.25) is 0 Å². The fraction of sp³-hybridized carbons (Fsp3) is 0.333. The molecular formula is C18H22N3NaO4S. The van der Waals surface area contributed by atoms with Crippen LogP contribution < -0.4 is 4.74 Å². The van der Waals surface area contributed by atoms with E-state index in [0.29, 0.717) is 41.3 Å². The van der Waals surface area contributed by atoms with Crippen LogP contribution in [0.15, 0.2) is 41.7 Å². The van der Waals surface area contributed by atoms with Gasteiger partial charge in [-0.3, -0.25) is 4.98 Å². The van der Waals surface area contributed by atoms with Crippen molar-refractivity contribution >= 4 is 50.4 Å². The molecule has 1 aromatic carbocycles. The molecule has 0 atom stereocenters. The molecule has 3 aromatic rings. The number of hydrogen-bond acceptors (Lipinski definition) is 6. The number of pyridine rings is 1. The Kier molecular flexibility index (Phi) is 7.81. The van der Waals surface area contributed by atoms with Crippen LogP contribution in [0.1, 0.15) is 17.7 Å². The van der Waals surface area contributed by atoms with Gasteiger partial charge in [0.25, 0.3) is 0 Å². The van der Waals surface area contributed by atoms with Gasteiger partial charge in [-0.15, -0.1) is 0 Å². The Hall–Kier alpha value is -1.45. The zero-order valence-corrected chi connectivity index (χ0v) is 15.5. The molecule has 0 bridgehead atoms. The maximum absolute atomic E-state index is 12.7. The summed E-state index contributed by atoms with van der Waals surface area (Å²) in [7, 11) is -2.01. The molecule has 0 fully saturated rings. The summed E-state index contributed by atoms with van der Waals surface area (Å²) in [6.45, 7) is 2.91. The molecule has 9 heteroatoms. The van der Waals surface area contributed by atoms with E-state index in [0.717, 1.165) is 6.42 Å². The monoisotopic (exact) mass is 399 g/mol. The van der Waals surface area contributed by atoms with Crippen molar-refractivity contribution in [3.63, 3.8) is 0 Å². The fourth-order valence-electron chi connectivity index (χ4n) is 2.57. The molecular weight excluding hydrogens is 377 g/mol. The third-order valence-corrected chi connectivity index (χ3v) is 5.43. The van der Waals surface area contributed by atoms with Crippen molar-refractivity contribution in [2.24, 2.45) is 0 Å². The number of ether oxygens (including phenoxy) is 2. The zero-order valence-electron chi connectivity index (χ0n) is 14.7. The van der Waals surface area contributed by atoms with Crippen molar-refractivity contribution in [2.45, 2.75) is 24.3 Å². The average Bonchev–Trinajstić information content (AvgIpc) is 3.07. The molecule has 140 valence electrons. The van der Waals surface area contributed by atoms with Crippen LogP contribution in [0.25, 0.3) is 11.0 Å². The minimum absolute atomic E-state index is 0. The number of fused-ring (bicyclic) bond motifs is 1. The Bertz CT molecular complexity index is 972. The van der Waals surface area contributed by atoms with E-state index in [9.17, 15) is 8.42 Å². The number of aromatic amines is 1. The molecule has 0 saturated carbocycles. The normalized spacial score (nSPS) is 11.3. The second kappa shape index (κ2) is 9.66. The molecule has 0 spiro atoms. The fourth-order valence-corrected chi connectivity index (χ4v) is 3.86. The van der Waals surface area contributed by atoms with Crippen molar-refractivity contribution in [2.75, 3.05) is 20.3 Å². The number of sulfone groups is 1. The van der Waals surface area contributed by atoms with Crippen LogP contribution in [0, 0.1) is 6.92 Å². The molecule has 0 aliphatic rings. The molecule has 27 heavy (non-hydrogen) atoms. The number of benzene rings is 1.